The van der Waals surface area contributed by atoms with Crippen LogP contribution in [0, 0.1) is 11.6 Å². The average Bonchev–Trinajstić information content (AvgIpc) is 2.89. The molecular formula is C20H22F2N2O. The van der Waals surface area contributed by atoms with Crippen molar-refractivity contribution in [2.45, 2.75) is 18.1 Å². The van der Waals surface area contributed by atoms with Crippen LogP contribution < -0.4 is 0 Å². The third kappa shape index (κ3) is 2.86. The predicted molar refractivity (Wildman–Crippen MR) is 92.2 cm³/mol. The average molecular weight is 344 g/mol. The zero-order valence-corrected chi connectivity index (χ0v) is 14.3. The standard InChI is InChI=1S/C20H22F2N2O/c1-23-8-10-24(11-9-23)19-13-20(25,14-2-4-15(21)5-3-14)18-7-6-16(22)12-17(18)19/h2-7,12,19,25H,8-11,13H2,1H3. The topological polar surface area (TPSA) is 26.7 Å². The van der Waals surface area contributed by atoms with E-state index in [1.807, 2.05) is 0 Å². The molecule has 2 aromatic carbocycles. The van der Waals surface area contributed by atoms with E-state index in [0.717, 1.165) is 37.3 Å². The molecular weight excluding hydrogens is 322 g/mol. The van der Waals surface area contributed by atoms with E-state index in [4.69, 9.17) is 0 Å². The maximum absolute atomic E-state index is 13.9. The molecule has 1 fully saturated rings. The van der Waals surface area contributed by atoms with Crippen molar-refractivity contribution in [3.05, 3.63) is 70.8 Å². The molecule has 25 heavy (non-hydrogen) atoms. The molecule has 1 N–H and O–H groups in total. The van der Waals surface area contributed by atoms with E-state index >= 15 is 0 Å². The van der Waals surface area contributed by atoms with Gasteiger partial charge in [0, 0.05) is 38.6 Å². The number of likely N-dealkylation sites (N-methyl/N-ethyl adjacent to an activating group) is 1. The Balaban J connectivity index is 1.75. The summed E-state index contributed by atoms with van der Waals surface area (Å²) in [6.07, 6.45) is 0.459. The summed E-state index contributed by atoms with van der Waals surface area (Å²) in [5.74, 6) is -0.624. The van der Waals surface area contributed by atoms with E-state index in [2.05, 4.69) is 16.8 Å². The second kappa shape index (κ2) is 6.16. The summed E-state index contributed by atoms with van der Waals surface area (Å²) in [5.41, 5.74) is 1.00. The Morgan fingerprint density at radius 1 is 0.960 bits per heavy atom. The number of benzene rings is 2. The number of rotatable bonds is 2. The lowest BCUT2D eigenvalue weighted by Crippen LogP contribution is -2.45. The fourth-order valence-electron chi connectivity index (χ4n) is 4.14. The highest BCUT2D eigenvalue weighted by Crippen LogP contribution is 2.49. The number of hydrogen-bond acceptors (Lipinski definition) is 3. The van der Waals surface area contributed by atoms with Gasteiger partial charge in [-0.1, -0.05) is 18.2 Å². The Hall–Kier alpha value is -1.82. The normalized spacial score (nSPS) is 27.4. The predicted octanol–water partition coefficient (Wildman–Crippen LogP) is 2.89. The molecule has 0 radical (unpaired) electrons. The highest BCUT2D eigenvalue weighted by molar-refractivity contribution is 5.47. The van der Waals surface area contributed by atoms with Gasteiger partial charge in [-0.05, 0) is 48.0 Å². The Bertz CT molecular complexity index is 772. The van der Waals surface area contributed by atoms with E-state index in [9.17, 15) is 13.9 Å². The zero-order chi connectivity index (χ0) is 17.6. The lowest BCUT2D eigenvalue weighted by molar-refractivity contribution is 0.0400. The zero-order valence-electron chi connectivity index (χ0n) is 14.3. The first kappa shape index (κ1) is 16.6. The van der Waals surface area contributed by atoms with Gasteiger partial charge in [-0.15, -0.1) is 0 Å². The molecule has 1 heterocycles. The number of halogens is 2. The van der Waals surface area contributed by atoms with Gasteiger partial charge >= 0.3 is 0 Å². The molecule has 0 spiro atoms. The third-order valence-electron chi connectivity index (χ3n) is 5.61. The van der Waals surface area contributed by atoms with Crippen molar-refractivity contribution in [3.8, 4) is 0 Å². The molecule has 132 valence electrons. The molecule has 0 bridgehead atoms. The van der Waals surface area contributed by atoms with Gasteiger partial charge in [-0.25, -0.2) is 8.78 Å². The molecule has 0 amide bonds. The maximum Gasteiger partial charge on any atom is 0.123 e. The molecule has 5 heteroatoms. The van der Waals surface area contributed by atoms with Gasteiger partial charge in [0.05, 0.1) is 0 Å². The molecule has 0 aromatic heterocycles. The van der Waals surface area contributed by atoms with Crippen molar-refractivity contribution < 1.29 is 13.9 Å². The fraction of sp³-hybridized carbons (Fsp3) is 0.400. The summed E-state index contributed by atoms with van der Waals surface area (Å²) >= 11 is 0. The SMILES string of the molecule is CN1CCN(C2CC(O)(c3ccc(F)cc3)c3ccc(F)cc32)CC1. The van der Waals surface area contributed by atoms with Crippen molar-refractivity contribution in [1.29, 1.82) is 0 Å². The van der Waals surface area contributed by atoms with Crippen molar-refractivity contribution in [1.82, 2.24) is 9.80 Å². The van der Waals surface area contributed by atoms with Gasteiger partial charge in [0.25, 0.3) is 0 Å². The van der Waals surface area contributed by atoms with Crippen LogP contribution >= 0.6 is 0 Å². The smallest absolute Gasteiger partial charge is 0.123 e. The molecule has 1 aliphatic carbocycles. The van der Waals surface area contributed by atoms with Crippen LogP contribution in [-0.2, 0) is 5.60 Å². The number of nitrogens with zero attached hydrogens (tertiary/aromatic N) is 2. The Kier molecular flexibility index (Phi) is 4.10. The number of hydrogen-bond donors (Lipinski definition) is 1. The second-order valence-electron chi connectivity index (χ2n) is 7.16. The van der Waals surface area contributed by atoms with Crippen LogP contribution in [-0.4, -0.2) is 48.1 Å². The molecule has 2 aliphatic rings. The van der Waals surface area contributed by atoms with Gasteiger partial charge < -0.3 is 10.0 Å². The quantitative estimate of drug-likeness (QED) is 0.908. The summed E-state index contributed by atoms with van der Waals surface area (Å²) < 4.78 is 27.2. The molecule has 1 saturated heterocycles. The van der Waals surface area contributed by atoms with Crippen LogP contribution in [0.1, 0.15) is 29.2 Å². The van der Waals surface area contributed by atoms with E-state index in [-0.39, 0.29) is 17.7 Å². The van der Waals surface area contributed by atoms with Gasteiger partial charge in [0.15, 0.2) is 0 Å². The Morgan fingerprint density at radius 3 is 2.28 bits per heavy atom. The second-order valence-corrected chi connectivity index (χ2v) is 7.16. The third-order valence-corrected chi connectivity index (χ3v) is 5.61. The minimum Gasteiger partial charge on any atom is -0.380 e. The van der Waals surface area contributed by atoms with Gasteiger partial charge in [0.2, 0.25) is 0 Å². The van der Waals surface area contributed by atoms with E-state index < -0.39 is 5.60 Å². The fourth-order valence-corrected chi connectivity index (χ4v) is 4.14. The number of piperazine rings is 1. The van der Waals surface area contributed by atoms with E-state index in [0.29, 0.717) is 12.0 Å². The molecule has 0 saturated carbocycles. The number of fused-ring (bicyclic) bond motifs is 1. The van der Waals surface area contributed by atoms with Crippen LogP contribution in [0.5, 0.6) is 0 Å². The molecule has 1 aliphatic heterocycles. The molecule has 4 rings (SSSR count). The van der Waals surface area contributed by atoms with Crippen molar-refractivity contribution in [2.75, 3.05) is 33.2 Å². The summed E-state index contributed by atoms with van der Waals surface area (Å²) in [6.45, 7) is 3.68. The lowest BCUT2D eigenvalue weighted by Gasteiger charge is -2.37. The molecule has 2 atom stereocenters. The van der Waals surface area contributed by atoms with Crippen LogP contribution in [0.3, 0.4) is 0 Å². The molecule has 2 aromatic rings. The van der Waals surface area contributed by atoms with Crippen molar-refractivity contribution >= 4 is 0 Å². The Labute approximate surface area is 146 Å². The first-order valence-corrected chi connectivity index (χ1v) is 8.68. The van der Waals surface area contributed by atoms with Crippen molar-refractivity contribution in [3.63, 3.8) is 0 Å². The van der Waals surface area contributed by atoms with Crippen molar-refractivity contribution in [2.24, 2.45) is 0 Å². The summed E-state index contributed by atoms with van der Waals surface area (Å²) in [4.78, 5) is 4.59. The van der Waals surface area contributed by atoms with Gasteiger partial charge in [-0.2, -0.15) is 0 Å². The first-order chi connectivity index (χ1) is 12.0. The van der Waals surface area contributed by atoms with Crippen LogP contribution in [0.25, 0.3) is 0 Å². The summed E-state index contributed by atoms with van der Waals surface area (Å²) in [7, 11) is 2.09. The van der Waals surface area contributed by atoms with Crippen LogP contribution in [0.2, 0.25) is 0 Å². The molecule has 2 unspecified atom stereocenters. The monoisotopic (exact) mass is 344 g/mol. The van der Waals surface area contributed by atoms with E-state index in [1.165, 1.54) is 18.2 Å². The lowest BCUT2D eigenvalue weighted by atomic mass is 9.88. The summed E-state index contributed by atoms with van der Waals surface area (Å²) in [6, 6.07) is 10.5. The minimum atomic E-state index is -1.22. The Morgan fingerprint density at radius 2 is 1.60 bits per heavy atom. The van der Waals surface area contributed by atoms with Gasteiger partial charge in [-0.3, -0.25) is 4.90 Å². The minimum absolute atomic E-state index is 0.0329. The van der Waals surface area contributed by atoms with Crippen LogP contribution in [0.4, 0.5) is 8.78 Å². The van der Waals surface area contributed by atoms with E-state index in [1.54, 1.807) is 24.3 Å². The maximum atomic E-state index is 13.9. The first-order valence-electron chi connectivity index (χ1n) is 8.68. The largest absolute Gasteiger partial charge is 0.380 e. The highest BCUT2D eigenvalue weighted by atomic mass is 19.1. The summed E-state index contributed by atoms with van der Waals surface area (Å²) in [5, 5.41) is 11.5. The number of aliphatic hydroxyl groups is 1. The van der Waals surface area contributed by atoms with Crippen LogP contribution in [0.15, 0.2) is 42.5 Å². The van der Waals surface area contributed by atoms with Gasteiger partial charge in [0.1, 0.15) is 17.2 Å². The highest BCUT2D eigenvalue weighted by Gasteiger charge is 2.46. The molecule has 3 nitrogen and oxygen atoms in total.